The van der Waals surface area contributed by atoms with Crippen molar-refractivity contribution < 1.29 is 14.6 Å². The Morgan fingerprint density at radius 3 is 2.86 bits per heavy atom. The maximum absolute atomic E-state index is 11.2. The van der Waals surface area contributed by atoms with Crippen LogP contribution >= 0.6 is 0 Å². The summed E-state index contributed by atoms with van der Waals surface area (Å²) in [6, 6.07) is 4.80. The normalized spacial score (nSPS) is 18.6. The Kier molecular flexibility index (Phi) is 1.77. The molecule has 0 spiro atoms. The van der Waals surface area contributed by atoms with Crippen molar-refractivity contribution in [3.05, 3.63) is 23.8 Å². The quantitative estimate of drug-likeness (QED) is 0.505. The van der Waals surface area contributed by atoms with Crippen LogP contribution in [0, 0.1) is 0 Å². The van der Waals surface area contributed by atoms with Crippen LogP contribution in [0.2, 0.25) is 0 Å². The third-order valence-corrected chi connectivity index (χ3v) is 2.50. The highest BCUT2D eigenvalue weighted by Crippen LogP contribution is 2.40. The van der Waals surface area contributed by atoms with E-state index in [1.54, 1.807) is 12.1 Å². The molecule has 14 heavy (non-hydrogen) atoms. The van der Waals surface area contributed by atoms with Gasteiger partial charge >= 0.3 is 5.97 Å². The molecule has 1 aromatic rings. The van der Waals surface area contributed by atoms with Crippen molar-refractivity contribution in [3.8, 4) is 11.5 Å². The highest BCUT2D eigenvalue weighted by Gasteiger charge is 2.33. The second-order valence-corrected chi connectivity index (χ2v) is 4.22. The Balaban J connectivity index is 2.58. The van der Waals surface area contributed by atoms with Crippen molar-refractivity contribution >= 4 is 5.97 Å². The van der Waals surface area contributed by atoms with Crippen molar-refractivity contribution in [2.24, 2.45) is 0 Å². The molecule has 0 amide bonds. The van der Waals surface area contributed by atoms with E-state index in [4.69, 9.17) is 4.74 Å². The minimum atomic E-state index is -0.261. The van der Waals surface area contributed by atoms with Crippen LogP contribution in [0.25, 0.3) is 0 Å². The SMILES string of the molecule is CC1(C)CC(=O)Oc2ccc(O)cc21. The van der Waals surface area contributed by atoms with Gasteiger partial charge in [0.05, 0.1) is 6.42 Å². The molecule has 0 atom stereocenters. The van der Waals surface area contributed by atoms with Crippen LogP contribution in [0.15, 0.2) is 18.2 Å². The molecule has 1 aliphatic rings. The number of carbonyl (C=O) groups is 1. The molecule has 0 fully saturated rings. The third-order valence-electron chi connectivity index (χ3n) is 2.50. The third kappa shape index (κ3) is 1.35. The van der Waals surface area contributed by atoms with Gasteiger partial charge in [-0.3, -0.25) is 4.79 Å². The molecule has 1 heterocycles. The highest BCUT2D eigenvalue weighted by molar-refractivity contribution is 5.77. The zero-order valence-electron chi connectivity index (χ0n) is 8.20. The number of benzene rings is 1. The number of esters is 1. The first-order valence-corrected chi connectivity index (χ1v) is 4.53. The monoisotopic (exact) mass is 192 g/mol. The summed E-state index contributed by atoms with van der Waals surface area (Å²) < 4.78 is 5.07. The standard InChI is InChI=1S/C11H12O3/c1-11(2)6-10(13)14-9-4-3-7(12)5-8(9)11/h3-5,12H,6H2,1-2H3. The van der Waals surface area contributed by atoms with Crippen LogP contribution in [0.4, 0.5) is 0 Å². The van der Waals surface area contributed by atoms with Gasteiger partial charge in [-0.15, -0.1) is 0 Å². The van der Waals surface area contributed by atoms with Gasteiger partial charge in [-0.2, -0.15) is 0 Å². The summed E-state index contributed by atoms with van der Waals surface area (Å²) in [7, 11) is 0. The minimum absolute atomic E-state index is 0.203. The second kappa shape index (κ2) is 2.74. The van der Waals surface area contributed by atoms with E-state index in [-0.39, 0.29) is 17.1 Å². The van der Waals surface area contributed by atoms with E-state index >= 15 is 0 Å². The van der Waals surface area contributed by atoms with Crippen LogP contribution in [-0.2, 0) is 10.2 Å². The van der Waals surface area contributed by atoms with Gasteiger partial charge in [0.2, 0.25) is 0 Å². The van der Waals surface area contributed by atoms with Gasteiger partial charge in [0.1, 0.15) is 11.5 Å². The molecule has 0 unspecified atom stereocenters. The first-order chi connectivity index (χ1) is 6.49. The Hall–Kier alpha value is -1.51. The molecule has 0 aromatic heterocycles. The highest BCUT2D eigenvalue weighted by atomic mass is 16.5. The molecule has 0 saturated carbocycles. The van der Waals surface area contributed by atoms with E-state index in [0.717, 1.165) is 5.56 Å². The number of fused-ring (bicyclic) bond motifs is 1. The van der Waals surface area contributed by atoms with Gasteiger partial charge in [0.15, 0.2) is 0 Å². The number of ether oxygens (including phenoxy) is 1. The van der Waals surface area contributed by atoms with Crippen molar-refractivity contribution in [2.75, 3.05) is 0 Å². The lowest BCUT2D eigenvalue weighted by Gasteiger charge is -2.30. The summed E-state index contributed by atoms with van der Waals surface area (Å²) in [5.74, 6) is 0.548. The molecule has 3 nitrogen and oxygen atoms in total. The lowest BCUT2D eigenvalue weighted by molar-refractivity contribution is -0.136. The number of hydrogen-bond donors (Lipinski definition) is 1. The summed E-state index contributed by atoms with van der Waals surface area (Å²) in [6.45, 7) is 3.93. The number of phenolic OH excluding ortho intramolecular Hbond substituents is 1. The molecule has 0 radical (unpaired) electrons. The van der Waals surface area contributed by atoms with Gasteiger partial charge in [-0.25, -0.2) is 0 Å². The van der Waals surface area contributed by atoms with Crippen LogP contribution in [0.5, 0.6) is 11.5 Å². The maximum atomic E-state index is 11.2. The molecule has 1 N–H and O–H groups in total. The van der Waals surface area contributed by atoms with Crippen LogP contribution in [-0.4, -0.2) is 11.1 Å². The molecule has 0 saturated heterocycles. The molecular weight excluding hydrogens is 180 g/mol. The fourth-order valence-electron chi connectivity index (χ4n) is 1.75. The molecule has 1 aromatic carbocycles. The van der Waals surface area contributed by atoms with E-state index in [2.05, 4.69) is 0 Å². The zero-order valence-corrected chi connectivity index (χ0v) is 8.20. The van der Waals surface area contributed by atoms with Gasteiger partial charge in [-0.1, -0.05) is 13.8 Å². The summed E-state index contributed by atoms with van der Waals surface area (Å²) in [4.78, 5) is 11.2. The average Bonchev–Trinajstić information content (AvgIpc) is 2.05. The number of carbonyl (C=O) groups excluding carboxylic acids is 1. The molecule has 2 rings (SSSR count). The lowest BCUT2D eigenvalue weighted by Crippen LogP contribution is -2.30. The molecule has 74 valence electrons. The molecule has 1 aliphatic heterocycles. The van der Waals surface area contributed by atoms with Gasteiger partial charge < -0.3 is 9.84 Å². The van der Waals surface area contributed by atoms with Crippen LogP contribution in [0.3, 0.4) is 0 Å². The van der Waals surface area contributed by atoms with E-state index in [1.807, 2.05) is 13.8 Å². The van der Waals surface area contributed by atoms with Gasteiger partial charge in [0.25, 0.3) is 0 Å². The van der Waals surface area contributed by atoms with Gasteiger partial charge in [-0.05, 0) is 18.2 Å². The molecule has 3 heteroatoms. The fraction of sp³-hybridized carbons (Fsp3) is 0.364. The zero-order chi connectivity index (χ0) is 10.3. The summed E-state index contributed by atoms with van der Waals surface area (Å²) >= 11 is 0. The first-order valence-electron chi connectivity index (χ1n) is 4.53. The Labute approximate surface area is 82.3 Å². The summed E-state index contributed by atoms with van der Waals surface area (Å²) in [5.41, 5.74) is 0.626. The topological polar surface area (TPSA) is 46.5 Å². The second-order valence-electron chi connectivity index (χ2n) is 4.22. The van der Waals surface area contributed by atoms with Crippen LogP contribution < -0.4 is 4.74 Å². The van der Waals surface area contributed by atoms with Crippen molar-refractivity contribution in [2.45, 2.75) is 25.7 Å². The molecular formula is C11H12O3. The Bertz CT molecular complexity index is 394. The first kappa shape index (κ1) is 9.06. The Morgan fingerprint density at radius 2 is 2.14 bits per heavy atom. The maximum Gasteiger partial charge on any atom is 0.312 e. The molecule has 0 aliphatic carbocycles. The smallest absolute Gasteiger partial charge is 0.312 e. The lowest BCUT2D eigenvalue weighted by atomic mass is 9.79. The van der Waals surface area contributed by atoms with Crippen molar-refractivity contribution in [1.29, 1.82) is 0 Å². The number of hydrogen-bond acceptors (Lipinski definition) is 3. The average molecular weight is 192 g/mol. The van der Waals surface area contributed by atoms with Crippen molar-refractivity contribution in [1.82, 2.24) is 0 Å². The van der Waals surface area contributed by atoms with Gasteiger partial charge in [0, 0.05) is 11.0 Å². The van der Waals surface area contributed by atoms with Crippen molar-refractivity contribution in [3.63, 3.8) is 0 Å². The largest absolute Gasteiger partial charge is 0.508 e. The van der Waals surface area contributed by atoms with E-state index < -0.39 is 0 Å². The predicted molar refractivity (Wildman–Crippen MR) is 51.4 cm³/mol. The Morgan fingerprint density at radius 1 is 1.43 bits per heavy atom. The van der Waals surface area contributed by atoms with Crippen LogP contribution in [0.1, 0.15) is 25.8 Å². The number of phenols is 1. The van der Waals surface area contributed by atoms with E-state index in [1.165, 1.54) is 6.07 Å². The number of rotatable bonds is 0. The van der Waals surface area contributed by atoms with E-state index in [9.17, 15) is 9.90 Å². The van der Waals surface area contributed by atoms with E-state index in [0.29, 0.717) is 12.2 Å². The fourth-order valence-corrected chi connectivity index (χ4v) is 1.75. The molecule has 0 bridgehead atoms. The summed E-state index contributed by atoms with van der Waals surface area (Å²) in [5, 5.41) is 9.35. The number of aromatic hydroxyl groups is 1. The predicted octanol–water partition coefficient (Wildman–Crippen LogP) is 1.98. The summed E-state index contributed by atoms with van der Waals surface area (Å²) in [6.07, 6.45) is 0.351. The minimum Gasteiger partial charge on any atom is -0.508 e.